The maximum Gasteiger partial charge on any atom is 0.106 e. The van der Waals surface area contributed by atoms with Crippen LogP contribution in [0.15, 0.2) is 0 Å². The van der Waals surface area contributed by atoms with Gasteiger partial charge < -0.3 is 9.47 Å². The second-order valence-electron chi connectivity index (χ2n) is 3.85. The molecule has 0 rings (SSSR count). The molecule has 0 bridgehead atoms. The lowest BCUT2D eigenvalue weighted by Crippen LogP contribution is -2.43. The number of hydrogen-bond acceptors (Lipinski definition) is 4. The summed E-state index contributed by atoms with van der Waals surface area (Å²) >= 11 is 0. The van der Waals surface area contributed by atoms with Gasteiger partial charge in [0.2, 0.25) is 0 Å². The van der Waals surface area contributed by atoms with Crippen LogP contribution in [0.1, 0.15) is 27.2 Å². The molecule has 0 aromatic rings. The van der Waals surface area contributed by atoms with Crippen LogP contribution in [0.5, 0.6) is 0 Å². The van der Waals surface area contributed by atoms with E-state index in [1.807, 2.05) is 20.8 Å². The Kier molecular flexibility index (Phi) is 7.31. The molecule has 4 heteroatoms. The van der Waals surface area contributed by atoms with E-state index in [0.717, 1.165) is 6.54 Å². The van der Waals surface area contributed by atoms with Crippen molar-refractivity contribution in [3.05, 3.63) is 0 Å². The minimum absolute atomic E-state index is 0.0591. The zero-order valence-electron chi connectivity index (χ0n) is 10.2. The van der Waals surface area contributed by atoms with Crippen molar-refractivity contribution in [2.24, 2.45) is 0 Å². The molecular weight excluding hydrogens is 192 g/mol. The third kappa shape index (κ3) is 6.45. The molecule has 0 radical (unpaired) electrons. The van der Waals surface area contributed by atoms with Crippen LogP contribution >= 0.6 is 0 Å². The summed E-state index contributed by atoms with van der Waals surface area (Å²) in [6, 6.07) is 2.28. The zero-order valence-corrected chi connectivity index (χ0v) is 10.2. The van der Waals surface area contributed by atoms with Crippen LogP contribution in [0.3, 0.4) is 0 Å². The van der Waals surface area contributed by atoms with Gasteiger partial charge >= 0.3 is 0 Å². The Morgan fingerprint density at radius 3 is 2.60 bits per heavy atom. The minimum Gasteiger partial charge on any atom is -0.382 e. The fourth-order valence-electron chi connectivity index (χ4n) is 1.51. The van der Waals surface area contributed by atoms with Gasteiger partial charge in [0, 0.05) is 13.5 Å². The van der Waals surface area contributed by atoms with Gasteiger partial charge in [0.05, 0.1) is 25.4 Å². The highest BCUT2D eigenvalue weighted by atomic mass is 16.5. The third-order valence-corrected chi connectivity index (χ3v) is 2.20. The van der Waals surface area contributed by atoms with Gasteiger partial charge in [0.1, 0.15) is 5.54 Å². The van der Waals surface area contributed by atoms with Gasteiger partial charge in [0.25, 0.3) is 0 Å². The molecule has 0 fully saturated rings. The monoisotopic (exact) mass is 214 g/mol. The summed E-state index contributed by atoms with van der Waals surface area (Å²) in [4.78, 5) is 0. The molecule has 0 aliphatic carbocycles. The molecule has 0 aliphatic heterocycles. The number of methoxy groups -OCH3 is 1. The standard InChI is InChI=1S/C11H22N2O2/c1-5-13-11(3,9-12)8-10(2)15-7-6-14-4/h10,13H,5-8H2,1-4H3. The Balaban J connectivity index is 3.91. The maximum absolute atomic E-state index is 9.04. The third-order valence-electron chi connectivity index (χ3n) is 2.20. The SMILES string of the molecule is CCNC(C)(C#N)CC(C)OCCOC. The van der Waals surface area contributed by atoms with Gasteiger partial charge in [-0.15, -0.1) is 0 Å². The molecule has 0 aliphatic rings. The quantitative estimate of drug-likeness (QED) is 0.619. The van der Waals surface area contributed by atoms with E-state index in [1.165, 1.54) is 0 Å². The van der Waals surface area contributed by atoms with E-state index < -0.39 is 5.54 Å². The summed E-state index contributed by atoms with van der Waals surface area (Å²) in [5, 5.41) is 12.2. The van der Waals surface area contributed by atoms with Crippen molar-refractivity contribution in [2.45, 2.75) is 38.8 Å². The molecule has 0 saturated heterocycles. The average Bonchev–Trinajstić information content (AvgIpc) is 2.18. The Hall–Kier alpha value is -0.630. The molecule has 0 aromatic carbocycles. The molecule has 1 N–H and O–H groups in total. The van der Waals surface area contributed by atoms with Crippen LogP contribution in [0.4, 0.5) is 0 Å². The molecule has 0 spiro atoms. The van der Waals surface area contributed by atoms with E-state index in [0.29, 0.717) is 19.6 Å². The van der Waals surface area contributed by atoms with E-state index in [9.17, 15) is 0 Å². The highest BCUT2D eigenvalue weighted by Crippen LogP contribution is 2.13. The number of nitriles is 1. The summed E-state index contributed by atoms with van der Waals surface area (Å²) in [6.45, 7) is 7.82. The van der Waals surface area contributed by atoms with Crippen molar-refractivity contribution in [3.63, 3.8) is 0 Å². The van der Waals surface area contributed by atoms with Crippen LogP contribution in [-0.4, -0.2) is 38.5 Å². The largest absolute Gasteiger partial charge is 0.382 e. The number of hydrogen-bond donors (Lipinski definition) is 1. The first kappa shape index (κ1) is 14.4. The van der Waals surface area contributed by atoms with Crippen LogP contribution in [0.2, 0.25) is 0 Å². The van der Waals surface area contributed by atoms with Crippen LogP contribution in [0.25, 0.3) is 0 Å². The molecule has 4 nitrogen and oxygen atoms in total. The van der Waals surface area contributed by atoms with Gasteiger partial charge in [-0.3, -0.25) is 5.32 Å². The van der Waals surface area contributed by atoms with Gasteiger partial charge in [-0.05, 0) is 20.4 Å². The molecule has 88 valence electrons. The topological polar surface area (TPSA) is 54.3 Å². The second-order valence-corrected chi connectivity index (χ2v) is 3.85. The number of nitrogens with zero attached hydrogens (tertiary/aromatic N) is 1. The first-order valence-corrected chi connectivity index (χ1v) is 5.34. The fraction of sp³-hybridized carbons (Fsp3) is 0.909. The average molecular weight is 214 g/mol. The number of ether oxygens (including phenoxy) is 2. The van der Waals surface area contributed by atoms with Gasteiger partial charge in [-0.25, -0.2) is 0 Å². The predicted octanol–water partition coefficient (Wildman–Crippen LogP) is 1.32. The predicted molar refractivity (Wildman–Crippen MR) is 59.6 cm³/mol. The first-order valence-electron chi connectivity index (χ1n) is 5.34. The van der Waals surface area contributed by atoms with E-state index >= 15 is 0 Å². The highest BCUT2D eigenvalue weighted by Gasteiger charge is 2.25. The van der Waals surface area contributed by atoms with Gasteiger partial charge in [-0.1, -0.05) is 6.92 Å². The van der Waals surface area contributed by atoms with Crippen LogP contribution in [-0.2, 0) is 9.47 Å². The number of nitrogens with one attached hydrogen (secondary N) is 1. The Bertz CT molecular complexity index is 203. The van der Waals surface area contributed by atoms with E-state index in [1.54, 1.807) is 7.11 Å². The van der Waals surface area contributed by atoms with E-state index in [2.05, 4.69) is 11.4 Å². The lowest BCUT2D eigenvalue weighted by molar-refractivity contribution is 0.0145. The second kappa shape index (κ2) is 7.63. The summed E-state index contributed by atoms with van der Waals surface area (Å²) in [7, 11) is 1.64. The molecule has 0 saturated carbocycles. The molecule has 0 heterocycles. The molecular formula is C11H22N2O2. The van der Waals surface area contributed by atoms with Crippen LogP contribution < -0.4 is 5.32 Å². The Morgan fingerprint density at radius 1 is 1.47 bits per heavy atom. The minimum atomic E-state index is -0.499. The van der Waals surface area contributed by atoms with Gasteiger partial charge in [0.15, 0.2) is 0 Å². The summed E-state index contributed by atoms with van der Waals surface area (Å²) in [5.74, 6) is 0. The molecule has 15 heavy (non-hydrogen) atoms. The lowest BCUT2D eigenvalue weighted by Gasteiger charge is -2.26. The molecule has 0 amide bonds. The normalized spacial score (nSPS) is 16.7. The van der Waals surface area contributed by atoms with Crippen molar-refractivity contribution in [1.29, 1.82) is 5.26 Å². The van der Waals surface area contributed by atoms with E-state index in [-0.39, 0.29) is 6.10 Å². The van der Waals surface area contributed by atoms with Crippen molar-refractivity contribution < 1.29 is 9.47 Å². The lowest BCUT2D eigenvalue weighted by atomic mass is 9.96. The summed E-state index contributed by atoms with van der Waals surface area (Å²) < 4.78 is 10.4. The maximum atomic E-state index is 9.04. The molecule has 2 atom stereocenters. The van der Waals surface area contributed by atoms with Crippen molar-refractivity contribution in [1.82, 2.24) is 5.32 Å². The number of rotatable bonds is 8. The Morgan fingerprint density at radius 2 is 2.13 bits per heavy atom. The molecule has 2 unspecified atom stereocenters. The van der Waals surface area contributed by atoms with E-state index in [4.69, 9.17) is 14.7 Å². The first-order chi connectivity index (χ1) is 7.08. The zero-order chi connectivity index (χ0) is 11.7. The van der Waals surface area contributed by atoms with Crippen molar-refractivity contribution in [2.75, 3.05) is 26.9 Å². The van der Waals surface area contributed by atoms with Gasteiger partial charge in [-0.2, -0.15) is 5.26 Å². The van der Waals surface area contributed by atoms with Crippen LogP contribution in [0, 0.1) is 11.3 Å². The fourth-order valence-corrected chi connectivity index (χ4v) is 1.51. The Labute approximate surface area is 92.6 Å². The smallest absolute Gasteiger partial charge is 0.106 e. The van der Waals surface area contributed by atoms with Crippen molar-refractivity contribution in [3.8, 4) is 6.07 Å². The summed E-state index contributed by atoms with van der Waals surface area (Å²) in [5.41, 5.74) is -0.499. The summed E-state index contributed by atoms with van der Waals surface area (Å²) in [6.07, 6.45) is 0.741. The molecule has 0 aromatic heterocycles. The highest BCUT2D eigenvalue weighted by molar-refractivity contribution is 5.04. The van der Waals surface area contributed by atoms with Crippen molar-refractivity contribution >= 4 is 0 Å².